The Balaban J connectivity index is 2.28. The second-order valence-corrected chi connectivity index (χ2v) is 4.08. The van der Waals surface area contributed by atoms with E-state index in [2.05, 4.69) is 9.97 Å². The van der Waals surface area contributed by atoms with Crippen molar-refractivity contribution < 1.29 is 4.39 Å². The van der Waals surface area contributed by atoms with Crippen molar-refractivity contribution >= 4 is 16.9 Å². The average molecular weight is 242 g/mol. The lowest BCUT2D eigenvalue weighted by molar-refractivity contribution is 0.629. The minimum atomic E-state index is -0.381. The lowest BCUT2D eigenvalue weighted by Crippen LogP contribution is -1.96. The third kappa shape index (κ3) is 1.52. The Hall–Kier alpha value is -2.43. The average Bonchev–Trinajstić information content (AvgIpc) is 2.68. The molecule has 2 aromatic heterocycles. The number of halogens is 1. The number of anilines is 1. The number of aromatic nitrogens is 3. The maximum absolute atomic E-state index is 13.9. The predicted molar refractivity (Wildman–Crippen MR) is 68.3 cm³/mol. The number of nitrogens with two attached hydrogens (primary N) is 1. The van der Waals surface area contributed by atoms with Crippen LogP contribution in [0.25, 0.3) is 22.6 Å². The number of fused-ring (bicyclic) bond motifs is 1. The van der Waals surface area contributed by atoms with Crippen LogP contribution in [0.4, 0.5) is 10.1 Å². The number of rotatable bonds is 1. The van der Waals surface area contributed by atoms with Crippen molar-refractivity contribution in [2.75, 3.05) is 5.73 Å². The van der Waals surface area contributed by atoms with Crippen molar-refractivity contribution in [2.24, 2.45) is 7.05 Å². The van der Waals surface area contributed by atoms with Crippen LogP contribution in [-0.4, -0.2) is 14.5 Å². The molecule has 3 aromatic rings. The van der Waals surface area contributed by atoms with Gasteiger partial charge in [-0.15, -0.1) is 0 Å². The monoisotopic (exact) mass is 242 g/mol. The largest absolute Gasteiger partial charge is 0.399 e. The summed E-state index contributed by atoms with van der Waals surface area (Å²) in [6.07, 6.45) is 1.67. The van der Waals surface area contributed by atoms with Crippen LogP contribution in [0.2, 0.25) is 0 Å². The number of pyridine rings is 1. The summed E-state index contributed by atoms with van der Waals surface area (Å²) in [6.45, 7) is 0. The van der Waals surface area contributed by atoms with Gasteiger partial charge < -0.3 is 10.3 Å². The van der Waals surface area contributed by atoms with Crippen molar-refractivity contribution in [3.05, 3.63) is 42.3 Å². The van der Waals surface area contributed by atoms with Crippen LogP contribution in [0.1, 0.15) is 0 Å². The number of nitrogen functional groups attached to an aromatic ring is 1. The predicted octanol–water partition coefficient (Wildman–Crippen LogP) is 2.36. The molecule has 0 fully saturated rings. The minimum Gasteiger partial charge on any atom is -0.399 e. The van der Waals surface area contributed by atoms with E-state index in [1.165, 1.54) is 6.07 Å². The van der Waals surface area contributed by atoms with Gasteiger partial charge in [0.2, 0.25) is 0 Å². The standard InChI is InChI=1S/C13H11FN4/c1-18-11-3-2-6-16-12(11)17-13(18)9-5-4-8(15)7-10(9)14/h2-7H,15H2,1H3. The molecule has 0 saturated carbocycles. The fourth-order valence-corrected chi connectivity index (χ4v) is 1.98. The topological polar surface area (TPSA) is 56.7 Å². The molecule has 0 atom stereocenters. The summed E-state index contributed by atoms with van der Waals surface area (Å²) in [5.74, 6) is 0.162. The number of nitrogens with zero attached hydrogens (tertiary/aromatic N) is 3. The fraction of sp³-hybridized carbons (Fsp3) is 0.0769. The first-order chi connectivity index (χ1) is 8.66. The first kappa shape index (κ1) is 10.7. The molecule has 3 rings (SSSR count). The van der Waals surface area contributed by atoms with Gasteiger partial charge in [0.15, 0.2) is 5.65 Å². The van der Waals surface area contributed by atoms with Gasteiger partial charge in [0.05, 0.1) is 11.1 Å². The van der Waals surface area contributed by atoms with Gasteiger partial charge in [-0.2, -0.15) is 0 Å². The Morgan fingerprint density at radius 2 is 2.11 bits per heavy atom. The summed E-state index contributed by atoms with van der Waals surface area (Å²) >= 11 is 0. The zero-order chi connectivity index (χ0) is 12.7. The van der Waals surface area contributed by atoms with Crippen molar-refractivity contribution in [2.45, 2.75) is 0 Å². The van der Waals surface area contributed by atoms with E-state index < -0.39 is 0 Å². The summed E-state index contributed by atoms with van der Waals surface area (Å²) in [5.41, 5.74) is 7.82. The second-order valence-electron chi connectivity index (χ2n) is 4.08. The van der Waals surface area contributed by atoms with Crippen LogP contribution in [0.5, 0.6) is 0 Å². The molecule has 5 heteroatoms. The first-order valence-electron chi connectivity index (χ1n) is 5.49. The van der Waals surface area contributed by atoms with E-state index in [1.54, 1.807) is 18.3 Å². The molecule has 0 saturated heterocycles. The van der Waals surface area contributed by atoms with Gasteiger partial charge in [-0.3, -0.25) is 0 Å². The molecule has 1 aromatic carbocycles. The lowest BCUT2D eigenvalue weighted by Gasteiger charge is -2.04. The van der Waals surface area contributed by atoms with E-state index in [4.69, 9.17) is 5.73 Å². The summed E-state index contributed by atoms with van der Waals surface area (Å²) in [7, 11) is 1.84. The molecule has 2 heterocycles. The summed E-state index contributed by atoms with van der Waals surface area (Å²) in [6, 6.07) is 8.31. The number of hydrogen-bond donors (Lipinski definition) is 1. The van der Waals surface area contributed by atoms with E-state index in [9.17, 15) is 4.39 Å². The molecule has 0 radical (unpaired) electrons. The lowest BCUT2D eigenvalue weighted by atomic mass is 10.2. The van der Waals surface area contributed by atoms with Crippen LogP contribution in [0.15, 0.2) is 36.5 Å². The van der Waals surface area contributed by atoms with E-state index in [-0.39, 0.29) is 5.82 Å². The van der Waals surface area contributed by atoms with Crippen molar-refractivity contribution in [3.8, 4) is 11.4 Å². The molecule has 90 valence electrons. The smallest absolute Gasteiger partial charge is 0.178 e. The number of imidazole rings is 1. The molecular weight excluding hydrogens is 231 g/mol. The zero-order valence-corrected chi connectivity index (χ0v) is 9.76. The SMILES string of the molecule is Cn1c(-c2ccc(N)cc2F)nc2ncccc21. The third-order valence-corrected chi connectivity index (χ3v) is 2.89. The molecule has 0 aliphatic carbocycles. The zero-order valence-electron chi connectivity index (χ0n) is 9.76. The summed E-state index contributed by atoms with van der Waals surface area (Å²) in [5, 5.41) is 0. The van der Waals surface area contributed by atoms with Gasteiger partial charge in [-0.1, -0.05) is 0 Å². The Morgan fingerprint density at radius 1 is 1.28 bits per heavy atom. The highest BCUT2D eigenvalue weighted by Crippen LogP contribution is 2.25. The third-order valence-electron chi connectivity index (χ3n) is 2.89. The van der Waals surface area contributed by atoms with Crippen molar-refractivity contribution in [3.63, 3.8) is 0 Å². The Bertz CT molecular complexity index is 733. The van der Waals surface area contributed by atoms with E-state index in [0.717, 1.165) is 5.52 Å². The molecule has 0 aliphatic rings. The van der Waals surface area contributed by atoms with Crippen LogP contribution >= 0.6 is 0 Å². The number of benzene rings is 1. The van der Waals surface area contributed by atoms with Gasteiger partial charge in [-0.25, -0.2) is 14.4 Å². The van der Waals surface area contributed by atoms with Gasteiger partial charge in [0.1, 0.15) is 11.6 Å². The Morgan fingerprint density at radius 3 is 2.83 bits per heavy atom. The van der Waals surface area contributed by atoms with Crippen LogP contribution < -0.4 is 5.73 Å². The maximum atomic E-state index is 13.9. The molecule has 0 amide bonds. The van der Waals surface area contributed by atoms with Gasteiger partial charge in [-0.05, 0) is 30.3 Å². The van der Waals surface area contributed by atoms with Crippen LogP contribution in [0, 0.1) is 5.82 Å². The summed E-state index contributed by atoms with van der Waals surface area (Å²) in [4.78, 5) is 8.50. The molecule has 0 spiro atoms. The molecule has 0 aliphatic heterocycles. The molecule has 2 N–H and O–H groups in total. The number of hydrogen-bond acceptors (Lipinski definition) is 3. The number of aryl methyl sites for hydroxylation is 1. The van der Waals surface area contributed by atoms with Gasteiger partial charge >= 0.3 is 0 Å². The fourth-order valence-electron chi connectivity index (χ4n) is 1.98. The van der Waals surface area contributed by atoms with Crippen molar-refractivity contribution in [1.82, 2.24) is 14.5 Å². The highest BCUT2D eigenvalue weighted by Gasteiger charge is 2.13. The van der Waals surface area contributed by atoms with Gasteiger partial charge in [0, 0.05) is 18.9 Å². The molecular formula is C13H11FN4. The second kappa shape index (κ2) is 3.80. The quantitative estimate of drug-likeness (QED) is 0.666. The molecule has 0 unspecified atom stereocenters. The van der Waals surface area contributed by atoms with Crippen LogP contribution in [0.3, 0.4) is 0 Å². The molecule has 4 nitrogen and oxygen atoms in total. The maximum Gasteiger partial charge on any atom is 0.178 e. The molecule has 0 bridgehead atoms. The molecule has 18 heavy (non-hydrogen) atoms. The van der Waals surface area contributed by atoms with E-state index in [0.29, 0.717) is 22.7 Å². The highest BCUT2D eigenvalue weighted by atomic mass is 19.1. The minimum absolute atomic E-state index is 0.381. The Kier molecular flexibility index (Phi) is 2.26. The first-order valence-corrected chi connectivity index (χ1v) is 5.49. The van der Waals surface area contributed by atoms with Gasteiger partial charge in [0.25, 0.3) is 0 Å². The summed E-state index contributed by atoms with van der Waals surface area (Å²) < 4.78 is 15.7. The highest BCUT2D eigenvalue weighted by molar-refractivity contribution is 5.77. The van der Waals surface area contributed by atoms with Crippen LogP contribution in [-0.2, 0) is 7.05 Å². The Labute approximate surface area is 103 Å². The normalized spacial score (nSPS) is 11.0. The van der Waals surface area contributed by atoms with Crippen molar-refractivity contribution in [1.29, 1.82) is 0 Å². The van der Waals surface area contributed by atoms with E-state index in [1.807, 2.05) is 23.7 Å². The van der Waals surface area contributed by atoms with E-state index >= 15 is 0 Å².